The molecule has 3 nitrogen and oxygen atoms in total. The minimum Gasteiger partial charge on any atom is -0.310 e. The number of nitrogens with zero attached hydrogens (tertiary/aromatic N) is 2. The van der Waals surface area contributed by atoms with Gasteiger partial charge in [0, 0.05) is 24.3 Å². The monoisotopic (exact) mass is 275 g/mol. The highest BCUT2D eigenvalue weighted by Crippen LogP contribution is 2.24. The predicted molar refractivity (Wildman–Crippen MR) is 79.2 cm³/mol. The van der Waals surface area contributed by atoms with Gasteiger partial charge in [-0.25, -0.2) is 4.39 Å². The van der Waals surface area contributed by atoms with Crippen LogP contribution in [0.2, 0.25) is 0 Å². The molecule has 0 aliphatic carbocycles. The van der Waals surface area contributed by atoms with Crippen LogP contribution in [0.4, 0.5) is 4.39 Å². The number of likely N-dealkylation sites (N-methyl/N-ethyl adjacent to an activating group) is 1. The van der Waals surface area contributed by atoms with Gasteiger partial charge in [0.25, 0.3) is 0 Å². The Morgan fingerprint density at radius 2 is 2.00 bits per heavy atom. The molecule has 0 saturated carbocycles. The molecule has 108 valence electrons. The van der Waals surface area contributed by atoms with E-state index >= 15 is 0 Å². The first-order chi connectivity index (χ1) is 9.54. The summed E-state index contributed by atoms with van der Waals surface area (Å²) in [6.07, 6.45) is 0.750. The Morgan fingerprint density at radius 1 is 1.30 bits per heavy atom. The van der Waals surface area contributed by atoms with E-state index in [2.05, 4.69) is 17.3 Å². The molecule has 1 atom stereocenters. The van der Waals surface area contributed by atoms with Crippen molar-refractivity contribution in [3.8, 4) is 0 Å². The molecule has 1 aromatic heterocycles. The quantitative estimate of drug-likeness (QED) is 0.909. The van der Waals surface area contributed by atoms with E-state index in [0.29, 0.717) is 0 Å². The maximum Gasteiger partial charge on any atom is 0.127 e. The Labute approximate surface area is 119 Å². The van der Waals surface area contributed by atoms with E-state index in [1.165, 1.54) is 11.6 Å². The first-order valence-electron chi connectivity index (χ1n) is 7.01. The van der Waals surface area contributed by atoms with Gasteiger partial charge in [0.05, 0.1) is 5.69 Å². The lowest BCUT2D eigenvalue weighted by molar-refractivity contribution is 0.508. The van der Waals surface area contributed by atoms with E-state index in [0.717, 1.165) is 29.9 Å². The minimum atomic E-state index is -0.155. The van der Waals surface area contributed by atoms with Crippen molar-refractivity contribution < 1.29 is 4.39 Å². The van der Waals surface area contributed by atoms with Gasteiger partial charge in [-0.2, -0.15) is 5.10 Å². The molecule has 1 heterocycles. The molecule has 1 N–H and O–H groups in total. The van der Waals surface area contributed by atoms with Gasteiger partial charge in [0.15, 0.2) is 0 Å². The Kier molecular flexibility index (Phi) is 4.55. The van der Waals surface area contributed by atoms with Gasteiger partial charge < -0.3 is 5.32 Å². The van der Waals surface area contributed by atoms with Gasteiger partial charge >= 0.3 is 0 Å². The fraction of sp³-hybridized carbons (Fsp3) is 0.438. The van der Waals surface area contributed by atoms with Crippen LogP contribution < -0.4 is 5.32 Å². The zero-order valence-electron chi connectivity index (χ0n) is 12.6. The molecule has 0 saturated heterocycles. The molecule has 2 rings (SSSR count). The summed E-state index contributed by atoms with van der Waals surface area (Å²) in [4.78, 5) is 0. The summed E-state index contributed by atoms with van der Waals surface area (Å²) in [5.41, 5.74) is 4.07. The van der Waals surface area contributed by atoms with Crippen molar-refractivity contribution >= 4 is 0 Å². The lowest BCUT2D eigenvalue weighted by Gasteiger charge is -2.19. The summed E-state index contributed by atoms with van der Waals surface area (Å²) >= 11 is 0. The Balaban J connectivity index is 2.33. The second kappa shape index (κ2) is 6.18. The number of hydrogen-bond acceptors (Lipinski definition) is 2. The lowest BCUT2D eigenvalue weighted by Crippen LogP contribution is -2.24. The molecule has 0 aliphatic heterocycles. The standard InChI is InChI=1S/C16H22FN3/c1-5-18-16(13-8-6-7-9-15(13)17)10-14-11(2)19-20(4)12(14)3/h6-9,16,18H,5,10H2,1-4H3. The van der Waals surface area contributed by atoms with Crippen LogP contribution in [-0.2, 0) is 13.5 Å². The van der Waals surface area contributed by atoms with Crippen LogP contribution in [0.1, 0.15) is 35.5 Å². The molecule has 20 heavy (non-hydrogen) atoms. The van der Waals surface area contributed by atoms with E-state index in [1.54, 1.807) is 6.07 Å². The molecule has 0 fully saturated rings. The number of aromatic nitrogens is 2. The van der Waals surface area contributed by atoms with E-state index in [1.807, 2.05) is 37.7 Å². The van der Waals surface area contributed by atoms with Gasteiger partial charge in [-0.1, -0.05) is 25.1 Å². The third-order valence-electron chi connectivity index (χ3n) is 3.80. The van der Waals surface area contributed by atoms with Gasteiger partial charge in [-0.3, -0.25) is 4.68 Å². The molecule has 0 radical (unpaired) electrons. The van der Waals surface area contributed by atoms with E-state index in [4.69, 9.17) is 0 Å². The van der Waals surface area contributed by atoms with E-state index < -0.39 is 0 Å². The number of hydrogen-bond donors (Lipinski definition) is 1. The van der Waals surface area contributed by atoms with Gasteiger partial charge in [-0.15, -0.1) is 0 Å². The highest BCUT2D eigenvalue weighted by atomic mass is 19.1. The zero-order chi connectivity index (χ0) is 14.7. The van der Waals surface area contributed by atoms with Crippen LogP contribution in [-0.4, -0.2) is 16.3 Å². The van der Waals surface area contributed by atoms with Crippen LogP contribution in [0.15, 0.2) is 24.3 Å². The Hall–Kier alpha value is -1.68. The summed E-state index contributed by atoms with van der Waals surface area (Å²) < 4.78 is 15.9. The number of aryl methyl sites for hydroxylation is 2. The van der Waals surface area contributed by atoms with Crippen molar-refractivity contribution in [2.75, 3.05) is 6.54 Å². The molecule has 2 aromatic rings. The average molecular weight is 275 g/mol. The number of rotatable bonds is 5. The molecule has 1 unspecified atom stereocenters. The number of benzene rings is 1. The van der Waals surface area contributed by atoms with Gasteiger partial charge in [0.2, 0.25) is 0 Å². The SMILES string of the molecule is CCNC(Cc1c(C)nn(C)c1C)c1ccccc1F. The lowest BCUT2D eigenvalue weighted by atomic mass is 9.97. The van der Waals surface area contributed by atoms with Crippen molar-refractivity contribution in [2.45, 2.75) is 33.2 Å². The second-order valence-corrected chi connectivity index (χ2v) is 5.11. The molecule has 0 aliphatic rings. The third kappa shape index (κ3) is 2.90. The van der Waals surface area contributed by atoms with E-state index in [9.17, 15) is 4.39 Å². The fourth-order valence-electron chi connectivity index (χ4n) is 2.61. The zero-order valence-corrected chi connectivity index (χ0v) is 12.6. The molecule has 1 aromatic carbocycles. The van der Waals surface area contributed by atoms with Crippen molar-refractivity contribution in [2.24, 2.45) is 7.05 Å². The summed E-state index contributed by atoms with van der Waals surface area (Å²) in [6.45, 7) is 6.90. The van der Waals surface area contributed by atoms with Crippen LogP contribution in [0.3, 0.4) is 0 Å². The summed E-state index contributed by atoms with van der Waals surface area (Å²) in [6, 6.07) is 6.95. The third-order valence-corrected chi connectivity index (χ3v) is 3.80. The van der Waals surface area contributed by atoms with Crippen molar-refractivity contribution in [3.63, 3.8) is 0 Å². The first kappa shape index (κ1) is 14.7. The maximum atomic E-state index is 14.0. The summed E-state index contributed by atoms with van der Waals surface area (Å²) in [5.74, 6) is -0.155. The molecule has 0 bridgehead atoms. The van der Waals surface area contributed by atoms with Crippen LogP contribution in [0.5, 0.6) is 0 Å². The van der Waals surface area contributed by atoms with E-state index in [-0.39, 0.29) is 11.9 Å². The maximum absolute atomic E-state index is 14.0. The smallest absolute Gasteiger partial charge is 0.127 e. The van der Waals surface area contributed by atoms with Crippen LogP contribution >= 0.6 is 0 Å². The topological polar surface area (TPSA) is 29.9 Å². The number of halogens is 1. The fourth-order valence-corrected chi connectivity index (χ4v) is 2.61. The molecule has 4 heteroatoms. The largest absolute Gasteiger partial charge is 0.310 e. The minimum absolute atomic E-state index is 0.0252. The highest BCUT2D eigenvalue weighted by molar-refractivity contribution is 5.29. The first-order valence-corrected chi connectivity index (χ1v) is 7.01. The molecular weight excluding hydrogens is 253 g/mol. The average Bonchev–Trinajstić information content (AvgIpc) is 2.65. The van der Waals surface area contributed by atoms with Crippen molar-refractivity contribution in [3.05, 3.63) is 52.6 Å². The normalized spacial score (nSPS) is 12.7. The van der Waals surface area contributed by atoms with Gasteiger partial charge in [0.1, 0.15) is 5.82 Å². The number of nitrogens with one attached hydrogen (secondary N) is 1. The van der Waals surface area contributed by atoms with Crippen LogP contribution in [0, 0.1) is 19.7 Å². The Bertz CT molecular complexity index is 589. The van der Waals surface area contributed by atoms with Crippen molar-refractivity contribution in [1.82, 2.24) is 15.1 Å². The predicted octanol–water partition coefficient (Wildman–Crippen LogP) is 3.07. The van der Waals surface area contributed by atoms with Gasteiger partial charge in [-0.05, 0) is 38.4 Å². The summed E-state index contributed by atoms with van der Waals surface area (Å²) in [7, 11) is 1.94. The van der Waals surface area contributed by atoms with Crippen LogP contribution in [0.25, 0.3) is 0 Å². The molecule has 0 amide bonds. The highest BCUT2D eigenvalue weighted by Gasteiger charge is 2.19. The summed E-state index contributed by atoms with van der Waals surface area (Å²) in [5, 5.41) is 7.81. The molecular formula is C16H22FN3. The second-order valence-electron chi connectivity index (χ2n) is 5.11. The Morgan fingerprint density at radius 3 is 2.55 bits per heavy atom. The van der Waals surface area contributed by atoms with Crippen molar-refractivity contribution in [1.29, 1.82) is 0 Å². The molecule has 0 spiro atoms.